The lowest BCUT2D eigenvalue weighted by atomic mass is 10.1. The minimum atomic E-state index is -4.83. The van der Waals surface area contributed by atoms with Gasteiger partial charge in [-0.05, 0) is 29.8 Å². The fourth-order valence-corrected chi connectivity index (χ4v) is 5.88. The molecule has 1 aromatic heterocycles. The summed E-state index contributed by atoms with van der Waals surface area (Å²) in [5, 5.41) is 2.36. The molecule has 4 rings (SSSR count). The van der Waals surface area contributed by atoms with Crippen molar-refractivity contribution in [2.45, 2.75) is 24.5 Å². The molecule has 0 amide bonds. The van der Waals surface area contributed by atoms with E-state index in [-0.39, 0.29) is 50.6 Å². The topological polar surface area (TPSA) is 104 Å². The number of hydrogen-bond acceptors (Lipinski definition) is 6. The molecule has 0 bridgehead atoms. The number of rotatable bonds is 5. The second-order valence-corrected chi connectivity index (χ2v) is 11.3. The molecule has 1 fully saturated rings. The molecule has 36 heavy (non-hydrogen) atoms. The van der Waals surface area contributed by atoms with Gasteiger partial charge in [0.15, 0.2) is 9.84 Å². The zero-order valence-electron chi connectivity index (χ0n) is 18.9. The second kappa shape index (κ2) is 9.73. The van der Waals surface area contributed by atoms with Crippen LogP contribution in [0.3, 0.4) is 0 Å². The van der Waals surface area contributed by atoms with Crippen molar-refractivity contribution in [2.24, 2.45) is 0 Å². The van der Waals surface area contributed by atoms with E-state index in [2.05, 4.69) is 10.3 Å². The first-order chi connectivity index (χ1) is 16.8. The Bertz CT molecular complexity index is 1560. The minimum Gasteiger partial charge on any atom is -0.367 e. The van der Waals surface area contributed by atoms with Crippen molar-refractivity contribution in [3.05, 3.63) is 66.3 Å². The first kappa shape index (κ1) is 26.5. The Kier molecular flexibility index (Phi) is 7.17. The number of anilines is 1. The molecule has 0 spiro atoms. The first-order valence-corrected chi connectivity index (χ1v) is 13.3. The summed E-state index contributed by atoms with van der Waals surface area (Å²) in [5.74, 6) is -0.246. The van der Waals surface area contributed by atoms with E-state index in [1.54, 1.807) is 0 Å². The van der Waals surface area contributed by atoms with Crippen LogP contribution >= 0.6 is 23.2 Å². The van der Waals surface area contributed by atoms with E-state index >= 15 is 0 Å². The minimum absolute atomic E-state index is 0.0517. The van der Waals surface area contributed by atoms with Gasteiger partial charge in [-0.25, -0.2) is 13.2 Å². The molecule has 1 aliphatic heterocycles. The van der Waals surface area contributed by atoms with Crippen LogP contribution in [-0.2, 0) is 22.6 Å². The van der Waals surface area contributed by atoms with Crippen LogP contribution < -0.4 is 21.5 Å². The third-order valence-electron chi connectivity index (χ3n) is 6.00. The van der Waals surface area contributed by atoms with Crippen molar-refractivity contribution < 1.29 is 21.6 Å². The largest absolute Gasteiger partial charge is 0.418 e. The van der Waals surface area contributed by atoms with Crippen molar-refractivity contribution >= 4 is 49.6 Å². The van der Waals surface area contributed by atoms with Crippen LogP contribution in [-0.4, -0.2) is 49.9 Å². The maximum atomic E-state index is 14.1. The van der Waals surface area contributed by atoms with Crippen LogP contribution in [0.25, 0.3) is 10.9 Å². The molecule has 0 saturated carbocycles. The number of benzene rings is 2. The smallest absolute Gasteiger partial charge is 0.367 e. The van der Waals surface area contributed by atoms with Crippen LogP contribution in [0.4, 0.5) is 18.9 Å². The second-order valence-electron chi connectivity index (χ2n) is 8.22. The summed E-state index contributed by atoms with van der Waals surface area (Å²) in [6, 6.07) is 4.58. The summed E-state index contributed by atoms with van der Waals surface area (Å²) >= 11 is 12.4. The van der Waals surface area contributed by atoms with Gasteiger partial charge in [0, 0.05) is 31.2 Å². The van der Waals surface area contributed by atoms with Gasteiger partial charge >= 0.3 is 11.9 Å². The summed E-state index contributed by atoms with van der Waals surface area (Å²) in [5.41, 5.74) is -3.59. The number of nitrogens with zero attached hydrogens (tertiary/aromatic N) is 2. The van der Waals surface area contributed by atoms with E-state index in [4.69, 9.17) is 23.2 Å². The predicted octanol–water partition coefficient (Wildman–Crippen LogP) is 3.27. The summed E-state index contributed by atoms with van der Waals surface area (Å²) < 4.78 is 67.9. The van der Waals surface area contributed by atoms with Gasteiger partial charge in [0.25, 0.3) is 5.56 Å². The third-order valence-corrected chi connectivity index (χ3v) is 8.43. The van der Waals surface area contributed by atoms with Gasteiger partial charge in [-0.3, -0.25) is 9.36 Å². The van der Waals surface area contributed by atoms with Crippen molar-refractivity contribution in [2.75, 3.05) is 36.8 Å². The summed E-state index contributed by atoms with van der Waals surface area (Å²) in [6.07, 6.45) is -4.83. The Labute approximate surface area is 213 Å². The average molecular weight is 565 g/mol. The number of piperazine rings is 1. The molecule has 14 heteroatoms. The Hall–Kier alpha value is -2.54. The van der Waals surface area contributed by atoms with Gasteiger partial charge in [0.2, 0.25) is 0 Å². The van der Waals surface area contributed by atoms with E-state index in [1.807, 2.05) is 0 Å². The highest BCUT2D eigenvalue weighted by Crippen LogP contribution is 2.43. The number of alkyl halides is 3. The van der Waals surface area contributed by atoms with Crippen LogP contribution in [0.5, 0.6) is 0 Å². The number of hydrogen-bond donors (Lipinski definition) is 2. The molecule has 194 valence electrons. The predicted molar refractivity (Wildman–Crippen MR) is 132 cm³/mol. The zero-order valence-corrected chi connectivity index (χ0v) is 21.2. The Morgan fingerprint density at radius 1 is 1.08 bits per heavy atom. The lowest BCUT2D eigenvalue weighted by Gasteiger charge is -2.32. The number of aromatic nitrogens is 2. The monoisotopic (exact) mass is 564 g/mol. The van der Waals surface area contributed by atoms with Crippen molar-refractivity contribution in [3.8, 4) is 0 Å². The highest BCUT2D eigenvalue weighted by atomic mass is 35.5. The average Bonchev–Trinajstić information content (AvgIpc) is 2.82. The SMILES string of the molecule is CCS(=O)(=O)c1ccc(Cl)cc1Cn1c(=O)[nH]c2c(Cl)c(N3CCNCC3)c(C(F)(F)F)cc2c1=O. The standard InChI is InChI=1S/C22H21Cl2F3N4O4S/c1-2-36(34,35)16-4-3-13(23)9-12(16)11-31-20(32)14-10-15(22(25,26)27)19(30-7-5-28-6-8-30)17(24)18(14)29-21(31)33/h3-4,9-10,28H,2,5-8,11H2,1H3,(H,29,33). The quantitative estimate of drug-likeness (QED) is 0.493. The fraction of sp³-hybridized carbons (Fsp3) is 0.364. The van der Waals surface area contributed by atoms with Crippen LogP contribution in [0.2, 0.25) is 10.0 Å². The Balaban J connectivity index is 1.96. The lowest BCUT2D eigenvalue weighted by molar-refractivity contribution is -0.137. The molecule has 0 aliphatic carbocycles. The fourth-order valence-electron chi connectivity index (χ4n) is 4.20. The van der Waals surface area contributed by atoms with Gasteiger partial charge < -0.3 is 15.2 Å². The van der Waals surface area contributed by atoms with Gasteiger partial charge in [0.05, 0.1) is 44.4 Å². The van der Waals surface area contributed by atoms with Gasteiger partial charge in [-0.15, -0.1) is 0 Å². The molecular formula is C22H21Cl2F3N4O4S. The number of nitrogens with one attached hydrogen (secondary N) is 2. The number of halogens is 5. The van der Waals surface area contributed by atoms with Crippen molar-refractivity contribution in [1.82, 2.24) is 14.9 Å². The molecule has 3 aromatic rings. The number of aromatic amines is 1. The van der Waals surface area contributed by atoms with E-state index in [0.29, 0.717) is 23.7 Å². The third kappa shape index (κ3) is 4.86. The normalized spacial score (nSPS) is 15.0. The summed E-state index contributed by atoms with van der Waals surface area (Å²) in [6.45, 7) is 2.27. The number of fused-ring (bicyclic) bond motifs is 1. The molecule has 0 atom stereocenters. The number of sulfone groups is 1. The summed E-state index contributed by atoms with van der Waals surface area (Å²) in [7, 11) is -3.75. The molecule has 1 aliphatic rings. The van der Waals surface area contributed by atoms with Crippen LogP contribution in [0.1, 0.15) is 18.1 Å². The Morgan fingerprint density at radius 2 is 1.75 bits per heavy atom. The maximum absolute atomic E-state index is 14.1. The first-order valence-electron chi connectivity index (χ1n) is 10.9. The van der Waals surface area contributed by atoms with E-state index in [0.717, 1.165) is 0 Å². The molecule has 1 saturated heterocycles. The number of H-pyrrole nitrogens is 1. The zero-order chi connectivity index (χ0) is 26.4. The van der Waals surface area contributed by atoms with E-state index in [1.165, 1.54) is 30.0 Å². The Morgan fingerprint density at radius 3 is 2.36 bits per heavy atom. The van der Waals surface area contributed by atoms with Crippen molar-refractivity contribution in [3.63, 3.8) is 0 Å². The van der Waals surface area contributed by atoms with Crippen molar-refractivity contribution in [1.29, 1.82) is 0 Å². The maximum Gasteiger partial charge on any atom is 0.418 e. The molecule has 2 heterocycles. The molecule has 0 radical (unpaired) electrons. The van der Waals surface area contributed by atoms with Gasteiger partial charge in [-0.1, -0.05) is 30.1 Å². The molecule has 8 nitrogen and oxygen atoms in total. The van der Waals surface area contributed by atoms with Crippen LogP contribution in [0, 0.1) is 0 Å². The molecule has 2 N–H and O–H groups in total. The van der Waals surface area contributed by atoms with Crippen LogP contribution in [0.15, 0.2) is 38.8 Å². The molecule has 2 aromatic carbocycles. The highest BCUT2D eigenvalue weighted by molar-refractivity contribution is 7.91. The van der Waals surface area contributed by atoms with E-state index in [9.17, 15) is 31.2 Å². The lowest BCUT2D eigenvalue weighted by Crippen LogP contribution is -2.44. The van der Waals surface area contributed by atoms with Gasteiger partial charge in [-0.2, -0.15) is 13.2 Å². The molecule has 0 unspecified atom stereocenters. The van der Waals surface area contributed by atoms with E-state index < -0.39 is 44.8 Å². The van der Waals surface area contributed by atoms with Gasteiger partial charge in [0.1, 0.15) is 0 Å². The molecular weight excluding hydrogens is 544 g/mol. The summed E-state index contributed by atoms with van der Waals surface area (Å²) in [4.78, 5) is 30.0. The highest BCUT2D eigenvalue weighted by Gasteiger charge is 2.38.